The largest absolute Gasteiger partial charge is 0.377 e. The summed E-state index contributed by atoms with van der Waals surface area (Å²) in [5.74, 6) is 0. The van der Waals surface area contributed by atoms with Gasteiger partial charge in [-0.3, -0.25) is 5.10 Å². The van der Waals surface area contributed by atoms with E-state index in [4.69, 9.17) is 4.74 Å². The highest BCUT2D eigenvalue weighted by atomic mass is 16.5. The molecule has 0 atom stereocenters. The van der Waals surface area contributed by atoms with Crippen molar-refractivity contribution in [3.8, 4) is 0 Å². The molecule has 1 N–H and O–H groups in total. The van der Waals surface area contributed by atoms with Crippen molar-refractivity contribution in [1.82, 2.24) is 10.2 Å². The minimum atomic E-state index is 0.735. The number of fused-ring (bicyclic) bond motifs is 1. The monoisotopic (exact) mass is 200 g/mol. The molecule has 3 nitrogen and oxygen atoms in total. The van der Waals surface area contributed by atoms with Gasteiger partial charge in [-0.05, 0) is 29.7 Å². The van der Waals surface area contributed by atoms with E-state index in [-0.39, 0.29) is 0 Å². The average molecular weight is 200 g/mol. The highest BCUT2D eigenvalue weighted by Gasteiger charge is 2.07. The molecule has 0 fully saturated rings. The second kappa shape index (κ2) is 3.51. The summed E-state index contributed by atoms with van der Waals surface area (Å²) >= 11 is 0. The van der Waals surface area contributed by atoms with Gasteiger partial charge in [0, 0.05) is 5.39 Å². The van der Waals surface area contributed by atoms with E-state index in [0.717, 1.165) is 25.2 Å². The lowest BCUT2D eigenvalue weighted by Gasteiger charge is -2.13. The number of hydrogen-bond acceptors (Lipinski definition) is 2. The number of aromatic amines is 1. The fourth-order valence-corrected chi connectivity index (χ4v) is 1.93. The summed E-state index contributed by atoms with van der Waals surface area (Å²) in [4.78, 5) is 0. The third-order valence-electron chi connectivity index (χ3n) is 2.77. The molecule has 0 spiro atoms. The quantitative estimate of drug-likeness (QED) is 0.767. The van der Waals surface area contributed by atoms with Crippen molar-refractivity contribution in [2.75, 3.05) is 13.2 Å². The number of hydrogen-bond donors (Lipinski definition) is 1. The summed E-state index contributed by atoms with van der Waals surface area (Å²) in [6.45, 7) is 1.56. The van der Waals surface area contributed by atoms with E-state index in [0.29, 0.717) is 0 Å². The second-order valence-corrected chi connectivity index (χ2v) is 3.73. The summed E-state index contributed by atoms with van der Waals surface area (Å²) in [7, 11) is 0. The lowest BCUT2D eigenvalue weighted by molar-refractivity contribution is 0.161. The number of ether oxygens (including phenoxy) is 1. The molecule has 2 heterocycles. The van der Waals surface area contributed by atoms with Crippen molar-refractivity contribution in [3.63, 3.8) is 0 Å². The molecule has 3 heteroatoms. The Morgan fingerprint density at radius 1 is 1.33 bits per heavy atom. The molecule has 0 saturated carbocycles. The minimum Gasteiger partial charge on any atom is -0.377 e. The molecule has 2 aromatic rings. The van der Waals surface area contributed by atoms with Crippen LogP contribution in [0.5, 0.6) is 0 Å². The summed E-state index contributed by atoms with van der Waals surface area (Å²) in [6.07, 6.45) is 5.02. The van der Waals surface area contributed by atoms with Crippen LogP contribution in [0.15, 0.2) is 30.5 Å². The Morgan fingerprint density at radius 3 is 3.20 bits per heavy atom. The van der Waals surface area contributed by atoms with Crippen LogP contribution >= 0.6 is 0 Å². The van der Waals surface area contributed by atoms with Gasteiger partial charge in [-0.25, -0.2) is 0 Å². The number of rotatable bonds is 1. The fourth-order valence-electron chi connectivity index (χ4n) is 1.93. The number of nitrogens with zero attached hydrogens (tertiary/aromatic N) is 1. The molecule has 1 aromatic carbocycles. The number of benzene rings is 1. The minimum absolute atomic E-state index is 0.735. The summed E-state index contributed by atoms with van der Waals surface area (Å²) in [5, 5.41) is 8.14. The van der Waals surface area contributed by atoms with Gasteiger partial charge in [0.25, 0.3) is 0 Å². The van der Waals surface area contributed by atoms with Gasteiger partial charge in [0.15, 0.2) is 0 Å². The summed E-state index contributed by atoms with van der Waals surface area (Å²) in [5.41, 5.74) is 3.75. The van der Waals surface area contributed by atoms with Crippen molar-refractivity contribution in [1.29, 1.82) is 0 Å². The molecule has 1 aliphatic rings. The molecule has 0 bridgehead atoms. The lowest BCUT2D eigenvalue weighted by atomic mass is 10.0. The molecule has 1 aliphatic heterocycles. The third-order valence-corrected chi connectivity index (χ3v) is 2.77. The van der Waals surface area contributed by atoms with Crippen LogP contribution in [-0.2, 0) is 4.74 Å². The maximum absolute atomic E-state index is 5.30. The van der Waals surface area contributed by atoms with Gasteiger partial charge >= 0.3 is 0 Å². The van der Waals surface area contributed by atoms with E-state index in [1.165, 1.54) is 16.5 Å². The van der Waals surface area contributed by atoms with E-state index in [1.807, 2.05) is 6.20 Å². The molecular weight excluding hydrogens is 188 g/mol. The van der Waals surface area contributed by atoms with Crippen LogP contribution in [0.1, 0.15) is 12.0 Å². The van der Waals surface area contributed by atoms with E-state index >= 15 is 0 Å². The Hall–Kier alpha value is -1.61. The number of aromatic nitrogens is 2. The highest BCUT2D eigenvalue weighted by Crippen LogP contribution is 2.24. The van der Waals surface area contributed by atoms with Crippen LogP contribution in [0.2, 0.25) is 0 Å². The zero-order valence-electron chi connectivity index (χ0n) is 8.36. The second-order valence-electron chi connectivity index (χ2n) is 3.73. The van der Waals surface area contributed by atoms with Crippen LogP contribution in [0.25, 0.3) is 16.5 Å². The molecule has 0 amide bonds. The van der Waals surface area contributed by atoms with Crippen molar-refractivity contribution in [2.45, 2.75) is 6.42 Å². The van der Waals surface area contributed by atoms with E-state index in [9.17, 15) is 0 Å². The maximum atomic E-state index is 5.30. The molecule has 0 saturated heterocycles. The summed E-state index contributed by atoms with van der Waals surface area (Å²) < 4.78 is 5.30. The van der Waals surface area contributed by atoms with Crippen molar-refractivity contribution >= 4 is 16.5 Å². The van der Waals surface area contributed by atoms with Gasteiger partial charge in [-0.1, -0.05) is 12.1 Å². The fraction of sp³-hybridized carbons (Fsp3) is 0.250. The number of H-pyrrole nitrogens is 1. The van der Waals surface area contributed by atoms with Gasteiger partial charge in [0.1, 0.15) is 0 Å². The standard InChI is InChI=1S/C12H12N2O/c1-2-12-11(8-13-14-12)7-10(1)9-3-5-15-6-4-9/h1-3,7-8H,4-6H2,(H,13,14). The first-order valence-corrected chi connectivity index (χ1v) is 5.14. The van der Waals surface area contributed by atoms with Gasteiger partial charge < -0.3 is 4.74 Å². The van der Waals surface area contributed by atoms with Gasteiger partial charge in [-0.15, -0.1) is 0 Å². The topological polar surface area (TPSA) is 37.9 Å². The number of nitrogens with one attached hydrogen (secondary N) is 1. The van der Waals surface area contributed by atoms with Gasteiger partial charge in [0.2, 0.25) is 0 Å². The zero-order chi connectivity index (χ0) is 10.1. The van der Waals surface area contributed by atoms with Crippen LogP contribution in [0.4, 0.5) is 0 Å². The molecule has 1 aromatic heterocycles. The van der Waals surface area contributed by atoms with Crippen LogP contribution < -0.4 is 0 Å². The van der Waals surface area contributed by atoms with Crippen molar-refractivity contribution in [3.05, 3.63) is 36.0 Å². The van der Waals surface area contributed by atoms with Gasteiger partial charge in [-0.2, -0.15) is 5.10 Å². The molecule has 76 valence electrons. The maximum Gasteiger partial charge on any atom is 0.0653 e. The van der Waals surface area contributed by atoms with Crippen molar-refractivity contribution in [2.24, 2.45) is 0 Å². The molecule has 0 radical (unpaired) electrons. The van der Waals surface area contributed by atoms with E-state index in [1.54, 1.807) is 0 Å². The first kappa shape index (κ1) is 8.68. The van der Waals surface area contributed by atoms with E-state index < -0.39 is 0 Å². The Bertz CT molecular complexity index is 513. The Kier molecular flexibility index (Phi) is 2.03. The molecule has 0 unspecified atom stereocenters. The SMILES string of the molecule is C1=C(c2ccc3[nH]ncc3c2)CCOC1. The Labute approximate surface area is 87.8 Å². The predicted octanol–water partition coefficient (Wildman–Crippen LogP) is 2.37. The van der Waals surface area contributed by atoms with Crippen LogP contribution in [0, 0.1) is 0 Å². The molecule has 15 heavy (non-hydrogen) atoms. The Balaban J connectivity index is 2.06. The van der Waals surface area contributed by atoms with Crippen LogP contribution in [0.3, 0.4) is 0 Å². The third kappa shape index (κ3) is 1.55. The van der Waals surface area contributed by atoms with Crippen LogP contribution in [-0.4, -0.2) is 23.4 Å². The predicted molar refractivity (Wildman–Crippen MR) is 59.5 cm³/mol. The van der Waals surface area contributed by atoms with Crippen molar-refractivity contribution < 1.29 is 4.74 Å². The summed E-state index contributed by atoms with van der Waals surface area (Å²) in [6, 6.07) is 6.39. The first-order chi connectivity index (χ1) is 7.43. The van der Waals surface area contributed by atoms with Gasteiger partial charge in [0.05, 0.1) is 24.9 Å². The molecule has 0 aliphatic carbocycles. The molecule has 3 rings (SSSR count). The normalized spacial score (nSPS) is 16.7. The zero-order valence-corrected chi connectivity index (χ0v) is 8.36. The smallest absolute Gasteiger partial charge is 0.0653 e. The molecular formula is C12H12N2O. The Morgan fingerprint density at radius 2 is 2.33 bits per heavy atom. The average Bonchev–Trinajstić information content (AvgIpc) is 2.77. The first-order valence-electron chi connectivity index (χ1n) is 5.14. The highest BCUT2D eigenvalue weighted by molar-refractivity contribution is 5.83. The lowest BCUT2D eigenvalue weighted by Crippen LogP contribution is -2.03. The van der Waals surface area contributed by atoms with E-state index in [2.05, 4.69) is 34.5 Å².